The Kier molecular flexibility index (Phi) is 3.48. The minimum atomic E-state index is -1.37. The summed E-state index contributed by atoms with van der Waals surface area (Å²) >= 11 is 1.26. The summed E-state index contributed by atoms with van der Waals surface area (Å²) in [4.78, 5) is 27.7. The van der Waals surface area contributed by atoms with Gasteiger partial charge in [-0.05, 0) is 12.1 Å². The van der Waals surface area contributed by atoms with Crippen molar-refractivity contribution in [3.8, 4) is 10.8 Å². The van der Waals surface area contributed by atoms with Crippen molar-refractivity contribution in [2.45, 2.75) is 12.0 Å². The summed E-state index contributed by atoms with van der Waals surface area (Å²) in [5.74, 6) is -1.07. The monoisotopic (exact) mass is 308 g/mol. The molecule has 2 aromatic rings. The van der Waals surface area contributed by atoms with Crippen LogP contribution < -0.4 is 5.32 Å². The number of carboxylic acid groups (broad SMARTS) is 1. The number of amides is 1. The average Bonchev–Trinajstić information content (AvgIpc) is 3.20. The molecule has 2 aromatic heterocycles. The van der Waals surface area contributed by atoms with Crippen LogP contribution in [-0.4, -0.2) is 40.7 Å². The Hall–Kier alpha value is -2.19. The standard InChI is InChI=1S/C13H12N2O5S/c16-10(15-13(12(17)18)3-5-19-7-13)8-6-21-11(14-8)9-2-1-4-20-9/h1-2,4,6H,3,5,7H2,(H,15,16)(H,17,18). The highest BCUT2D eigenvalue weighted by Gasteiger charge is 2.44. The number of rotatable bonds is 4. The van der Waals surface area contributed by atoms with Gasteiger partial charge < -0.3 is 19.6 Å². The van der Waals surface area contributed by atoms with E-state index in [0.717, 1.165) is 0 Å². The van der Waals surface area contributed by atoms with Gasteiger partial charge in [0.2, 0.25) is 0 Å². The van der Waals surface area contributed by atoms with E-state index in [0.29, 0.717) is 17.4 Å². The lowest BCUT2D eigenvalue weighted by atomic mass is 9.99. The van der Waals surface area contributed by atoms with Crippen molar-refractivity contribution in [1.29, 1.82) is 0 Å². The topological polar surface area (TPSA) is 102 Å². The smallest absolute Gasteiger partial charge is 0.331 e. The first-order chi connectivity index (χ1) is 10.1. The first-order valence-corrected chi connectivity index (χ1v) is 7.12. The molecule has 3 rings (SSSR count). The molecule has 0 bridgehead atoms. The van der Waals surface area contributed by atoms with E-state index in [1.54, 1.807) is 17.5 Å². The predicted molar refractivity (Wildman–Crippen MR) is 73.1 cm³/mol. The molecule has 1 saturated heterocycles. The van der Waals surface area contributed by atoms with Crippen molar-refractivity contribution in [1.82, 2.24) is 10.3 Å². The SMILES string of the molecule is O=C(NC1(C(=O)O)CCOC1)c1csc(-c2ccco2)n1. The van der Waals surface area contributed by atoms with Gasteiger partial charge in [0.25, 0.3) is 5.91 Å². The molecule has 8 heteroatoms. The molecule has 0 saturated carbocycles. The predicted octanol–water partition coefficient (Wildman–Crippen LogP) is 1.38. The molecule has 1 fully saturated rings. The number of aliphatic carboxylic acids is 1. The highest BCUT2D eigenvalue weighted by atomic mass is 32.1. The third-order valence-electron chi connectivity index (χ3n) is 3.25. The van der Waals surface area contributed by atoms with Crippen LogP contribution >= 0.6 is 11.3 Å². The lowest BCUT2D eigenvalue weighted by Gasteiger charge is -2.22. The maximum atomic E-state index is 12.2. The molecule has 0 spiro atoms. The van der Waals surface area contributed by atoms with Crippen LogP contribution in [0.5, 0.6) is 0 Å². The summed E-state index contributed by atoms with van der Waals surface area (Å²) in [6.07, 6.45) is 1.76. The van der Waals surface area contributed by atoms with Crippen LogP contribution in [0.1, 0.15) is 16.9 Å². The summed E-state index contributed by atoms with van der Waals surface area (Å²) in [5, 5.41) is 13.9. The van der Waals surface area contributed by atoms with E-state index >= 15 is 0 Å². The van der Waals surface area contributed by atoms with Crippen LogP contribution in [0.25, 0.3) is 10.8 Å². The Morgan fingerprint density at radius 3 is 2.95 bits per heavy atom. The van der Waals surface area contributed by atoms with Crippen LogP contribution in [0.2, 0.25) is 0 Å². The molecule has 7 nitrogen and oxygen atoms in total. The number of carbonyl (C=O) groups excluding carboxylic acids is 1. The van der Waals surface area contributed by atoms with Gasteiger partial charge in [0.05, 0.1) is 12.9 Å². The zero-order valence-electron chi connectivity index (χ0n) is 10.9. The van der Waals surface area contributed by atoms with Gasteiger partial charge in [0.1, 0.15) is 5.69 Å². The Morgan fingerprint density at radius 2 is 2.33 bits per heavy atom. The van der Waals surface area contributed by atoms with Gasteiger partial charge in [-0.25, -0.2) is 9.78 Å². The maximum Gasteiger partial charge on any atom is 0.331 e. The van der Waals surface area contributed by atoms with Gasteiger partial charge in [-0.2, -0.15) is 0 Å². The number of nitrogens with one attached hydrogen (secondary N) is 1. The van der Waals surface area contributed by atoms with Crippen molar-refractivity contribution in [3.63, 3.8) is 0 Å². The third-order valence-corrected chi connectivity index (χ3v) is 4.11. The number of aromatic nitrogens is 1. The normalized spacial score (nSPS) is 21.3. The number of thiazole rings is 1. The molecule has 0 aliphatic carbocycles. The van der Waals surface area contributed by atoms with Gasteiger partial charge in [0.15, 0.2) is 16.3 Å². The fourth-order valence-electron chi connectivity index (χ4n) is 2.06. The quantitative estimate of drug-likeness (QED) is 0.884. The van der Waals surface area contributed by atoms with Crippen molar-refractivity contribution in [2.75, 3.05) is 13.2 Å². The van der Waals surface area contributed by atoms with E-state index in [4.69, 9.17) is 9.15 Å². The first-order valence-electron chi connectivity index (χ1n) is 6.24. The van der Waals surface area contributed by atoms with Crippen molar-refractivity contribution >= 4 is 23.2 Å². The Labute approximate surface area is 123 Å². The number of hydrogen-bond acceptors (Lipinski definition) is 6. The van der Waals surface area contributed by atoms with Crippen molar-refractivity contribution < 1.29 is 23.8 Å². The molecule has 0 aromatic carbocycles. The molecule has 21 heavy (non-hydrogen) atoms. The van der Waals surface area contributed by atoms with E-state index in [9.17, 15) is 14.7 Å². The van der Waals surface area contributed by atoms with Crippen molar-refractivity contribution in [2.24, 2.45) is 0 Å². The highest BCUT2D eigenvalue weighted by Crippen LogP contribution is 2.25. The van der Waals surface area contributed by atoms with Gasteiger partial charge in [0, 0.05) is 18.4 Å². The number of carboxylic acids is 1. The van der Waals surface area contributed by atoms with Gasteiger partial charge in [-0.15, -0.1) is 11.3 Å². The molecule has 1 atom stereocenters. The van der Waals surface area contributed by atoms with Crippen LogP contribution in [-0.2, 0) is 9.53 Å². The molecular weight excluding hydrogens is 296 g/mol. The summed E-state index contributed by atoms with van der Waals surface area (Å²) < 4.78 is 10.3. The van der Waals surface area contributed by atoms with E-state index in [-0.39, 0.29) is 18.7 Å². The van der Waals surface area contributed by atoms with E-state index < -0.39 is 17.4 Å². The fourth-order valence-corrected chi connectivity index (χ4v) is 2.82. The van der Waals surface area contributed by atoms with Crippen LogP contribution in [0.4, 0.5) is 0 Å². The average molecular weight is 308 g/mol. The molecule has 2 N–H and O–H groups in total. The zero-order chi connectivity index (χ0) is 14.9. The first kappa shape index (κ1) is 13.8. The molecule has 110 valence electrons. The number of hydrogen-bond donors (Lipinski definition) is 2. The fraction of sp³-hybridized carbons (Fsp3) is 0.308. The number of carbonyl (C=O) groups is 2. The second-order valence-corrected chi connectivity index (χ2v) is 5.52. The largest absolute Gasteiger partial charge is 0.479 e. The molecular formula is C13H12N2O5S. The third kappa shape index (κ3) is 2.55. The molecule has 0 radical (unpaired) electrons. The van der Waals surface area contributed by atoms with Crippen LogP contribution in [0.15, 0.2) is 28.2 Å². The second-order valence-electron chi connectivity index (χ2n) is 4.66. The molecule has 1 unspecified atom stereocenters. The summed E-state index contributed by atoms with van der Waals surface area (Å²) in [6, 6.07) is 3.47. The molecule has 3 heterocycles. The molecule has 1 amide bonds. The summed E-state index contributed by atoms with van der Waals surface area (Å²) in [6.45, 7) is 0.268. The van der Waals surface area contributed by atoms with Gasteiger partial charge in [-0.3, -0.25) is 4.79 Å². The number of furan rings is 1. The summed E-state index contributed by atoms with van der Waals surface area (Å²) in [5.41, 5.74) is -1.20. The number of nitrogens with zero attached hydrogens (tertiary/aromatic N) is 1. The lowest BCUT2D eigenvalue weighted by molar-refractivity contribution is -0.144. The maximum absolute atomic E-state index is 12.2. The highest BCUT2D eigenvalue weighted by molar-refractivity contribution is 7.13. The minimum absolute atomic E-state index is 0.0384. The second kappa shape index (κ2) is 5.30. The lowest BCUT2D eigenvalue weighted by Crippen LogP contribution is -2.55. The van der Waals surface area contributed by atoms with E-state index in [2.05, 4.69) is 10.3 Å². The molecule has 1 aliphatic heterocycles. The van der Waals surface area contributed by atoms with E-state index in [1.807, 2.05) is 0 Å². The van der Waals surface area contributed by atoms with Crippen LogP contribution in [0.3, 0.4) is 0 Å². The summed E-state index contributed by atoms with van der Waals surface area (Å²) in [7, 11) is 0. The van der Waals surface area contributed by atoms with Gasteiger partial charge >= 0.3 is 5.97 Å². The van der Waals surface area contributed by atoms with E-state index in [1.165, 1.54) is 17.6 Å². The Bertz CT molecular complexity index is 658. The van der Waals surface area contributed by atoms with Crippen molar-refractivity contribution in [3.05, 3.63) is 29.5 Å². The van der Waals surface area contributed by atoms with Crippen LogP contribution in [0, 0.1) is 0 Å². The van der Waals surface area contributed by atoms with Gasteiger partial charge in [-0.1, -0.05) is 0 Å². The minimum Gasteiger partial charge on any atom is -0.479 e. The number of ether oxygens (including phenoxy) is 1. The zero-order valence-corrected chi connectivity index (χ0v) is 11.7. The Morgan fingerprint density at radius 1 is 1.48 bits per heavy atom. The molecule has 1 aliphatic rings. The Balaban J connectivity index is 1.78.